The summed E-state index contributed by atoms with van der Waals surface area (Å²) in [5, 5.41) is 3.22. The van der Waals surface area contributed by atoms with Crippen molar-refractivity contribution in [2.24, 2.45) is 0 Å². The van der Waals surface area contributed by atoms with Crippen LogP contribution in [0.2, 0.25) is 0 Å². The maximum Gasteiger partial charge on any atom is 0.410 e. The molecular formula is C18H22N4O2. The maximum atomic E-state index is 12.2. The van der Waals surface area contributed by atoms with E-state index in [0.29, 0.717) is 25.6 Å². The number of hydrogen-bond donors (Lipinski definition) is 1. The lowest BCUT2D eigenvalue weighted by Crippen LogP contribution is -2.33. The summed E-state index contributed by atoms with van der Waals surface area (Å²) < 4.78 is 5.41. The third-order valence-electron chi connectivity index (χ3n) is 3.60. The van der Waals surface area contributed by atoms with Crippen LogP contribution < -0.4 is 5.32 Å². The van der Waals surface area contributed by atoms with Gasteiger partial charge in [0.1, 0.15) is 5.60 Å². The fourth-order valence-electron chi connectivity index (χ4n) is 2.47. The van der Waals surface area contributed by atoms with Gasteiger partial charge in [-0.3, -0.25) is 4.90 Å². The first-order valence-electron chi connectivity index (χ1n) is 8.01. The number of fused-ring (bicyclic) bond motifs is 1. The highest BCUT2D eigenvalue weighted by molar-refractivity contribution is 5.69. The van der Waals surface area contributed by atoms with Gasteiger partial charge < -0.3 is 10.1 Å². The van der Waals surface area contributed by atoms with Crippen molar-refractivity contribution in [3.63, 3.8) is 0 Å². The lowest BCUT2D eigenvalue weighted by Gasteiger charge is -2.23. The van der Waals surface area contributed by atoms with Crippen LogP contribution in [0.25, 0.3) is 0 Å². The molecule has 0 radical (unpaired) electrons. The van der Waals surface area contributed by atoms with Crippen molar-refractivity contribution in [2.75, 3.05) is 5.32 Å². The van der Waals surface area contributed by atoms with Gasteiger partial charge in [-0.15, -0.1) is 0 Å². The Hall–Kier alpha value is -2.63. The second-order valence-electron chi connectivity index (χ2n) is 6.84. The van der Waals surface area contributed by atoms with Crippen molar-refractivity contribution in [1.29, 1.82) is 0 Å². The Morgan fingerprint density at radius 2 is 2.00 bits per heavy atom. The molecule has 1 aromatic heterocycles. The van der Waals surface area contributed by atoms with Crippen molar-refractivity contribution in [3.05, 3.63) is 53.3 Å². The summed E-state index contributed by atoms with van der Waals surface area (Å²) >= 11 is 0. The molecule has 2 heterocycles. The SMILES string of the molecule is CC(C)(C)OC(=O)N1Cc2cnc(NCc3ccccc3)nc2C1. The largest absolute Gasteiger partial charge is 0.444 e. The highest BCUT2D eigenvalue weighted by atomic mass is 16.6. The van der Waals surface area contributed by atoms with Crippen molar-refractivity contribution in [3.8, 4) is 0 Å². The van der Waals surface area contributed by atoms with Gasteiger partial charge >= 0.3 is 6.09 Å². The molecule has 1 aliphatic rings. The summed E-state index contributed by atoms with van der Waals surface area (Å²) in [5.74, 6) is 0.573. The van der Waals surface area contributed by atoms with Crippen molar-refractivity contribution < 1.29 is 9.53 Å². The van der Waals surface area contributed by atoms with Crippen molar-refractivity contribution in [1.82, 2.24) is 14.9 Å². The molecular weight excluding hydrogens is 304 g/mol. The fourth-order valence-corrected chi connectivity index (χ4v) is 2.47. The Morgan fingerprint density at radius 1 is 1.25 bits per heavy atom. The number of nitrogens with one attached hydrogen (secondary N) is 1. The Bertz CT molecular complexity index is 726. The first-order chi connectivity index (χ1) is 11.4. The van der Waals surface area contributed by atoms with Gasteiger partial charge in [-0.1, -0.05) is 30.3 Å². The van der Waals surface area contributed by atoms with Crippen LogP contribution >= 0.6 is 0 Å². The van der Waals surface area contributed by atoms with Gasteiger partial charge in [0.15, 0.2) is 0 Å². The minimum atomic E-state index is -0.500. The van der Waals surface area contributed by atoms with Gasteiger partial charge in [0, 0.05) is 18.3 Å². The van der Waals surface area contributed by atoms with E-state index >= 15 is 0 Å². The van der Waals surface area contributed by atoms with E-state index in [1.165, 1.54) is 0 Å². The zero-order valence-corrected chi connectivity index (χ0v) is 14.2. The van der Waals surface area contributed by atoms with Crippen LogP contribution in [0.15, 0.2) is 36.5 Å². The molecule has 3 rings (SSSR count). The number of carbonyl (C=O) groups excluding carboxylic acids is 1. The molecule has 0 saturated carbocycles. The Labute approximate surface area is 141 Å². The summed E-state index contributed by atoms with van der Waals surface area (Å²) in [6, 6.07) is 10.1. The highest BCUT2D eigenvalue weighted by Gasteiger charge is 2.29. The molecule has 0 bridgehead atoms. The number of nitrogens with zero attached hydrogens (tertiary/aromatic N) is 3. The molecule has 2 aromatic rings. The predicted octanol–water partition coefficient (Wildman–Crippen LogP) is 3.34. The minimum Gasteiger partial charge on any atom is -0.444 e. The average molecular weight is 326 g/mol. The molecule has 0 fully saturated rings. The van der Waals surface area contributed by atoms with Crippen LogP contribution in [-0.2, 0) is 24.4 Å². The normalized spacial score (nSPS) is 13.5. The first kappa shape index (κ1) is 16.2. The van der Waals surface area contributed by atoms with Crippen LogP contribution in [0.5, 0.6) is 0 Å². The zero-order valence-electron chi connectivity index (χ0n) is 14.2. The fraction of sp³-hybridized carbons (Fsp3) is 0.389. The summed E-state index contributed by atoms with van der Waals surface area (Å²) in [4.78, 5) is 22.7. The summed E-state index contributed by atoms with van der Waals surface area (Å²) in [6.07, 6.45) is 1.46. The Kier molecular flexibility index (Phi) is 4.38. The summed E-state index contributed by atoms with van der Waals surface area (Å²) in [6.45, 7) is 7.18. The van der Waals surface area contributed by atoms with Crippen molar-refractivity contribution in [2.45, 2.75) is 46.0 Å². The van der Waals surface area contributed by atoms with Crippen molar-refractivity contribution >= 4 is 12.0 Å². The van der Waals surface area contributed by atoms with E-state index in [2.05, 4.69) is 15.3 Å². The van der Waals surface area contributed by atoms with Gasteiger partial charge in [-0.2, -0.15) is 0 Å². The lowest BCUT2D eigenvalue weighted by molar-refractivity contribution is 0.0240. The molecule has 1 aromatic carbocycles. The quantitative estimate of drug-likeness (QED) is 0.937. The number of anilines is 1. The standard InChI is InChI=1S/C18H22N4O2/c1-18(2,3)24-17(23)22-11-14-10-20-16(21-15(14)12-22)19-9-13-7-5-4-6-8-13/h4-8,10H,9,11-12H2,1-3H3,(H,19,20,21). The molecule has 6 heteroatoms. The Balaban J connectivity index is 1.62. The molecule has 0 saturated heterocycles. The number of hydrogen-bond acceptors (Lipinski definition) is 5. The number of aromatic nitrogens is 2. The summed E-state index contributed by atoms with van der Waals surface area (Å²) in [7, 11) is 0. The predicted molar refractivity (Wildman–Crippen MR) is 91.3 cm³/mol. The van der Waals surface area contributed by atoms with Gasteiger partial charge in [-0.25, -0.2) is 14.8 Å². The van der Waals surface area contributed by atoms with Crippen LogP contribution in [0.4, 0.5) is 10.7 Å². The topological polar surface area (TPSA) is 67.3 Å². The van der Waals surface area contributed by atoms with Gasteiger partial charge in [0.2, 0.25) is 5.95 Å². The minimum absolute atomic E-state index is 0.320. The highest BCUT2D eigenvalue weighted by Crippen LogP contribution is 2.23. The van der Waals surface area contributed by atoms with E-state index < -0.39 is 5.60 Å². The first-order valence-corrected chi connectivity index (χ1v) is 8.01. The van der Waals surface area contributed by atoms with Crippen LogP contribution in [0.1, 0.15) is 37.6 Å². The second-order valence-corrected chi connectivity index (χ2v) is 6.84. The molecule has 0 spiro atoms. The van der Waals surface area contributed by atoms with Crippen LogP contribution in [0.3, 0.4) is 0 Å². The molecule has 0 unspecified atom stereocenters. The van der Waals surface area contributed by atoms with E-state index in [1.807, 2.05) is 51.1 Å². The van der Waals surface area contributed by atoms with E-state index in [0.717, 1.165) is 16.8 Å². The van der Waals surface area contributed by atoms with Gasteiger partial charge in [0.25, 0.3) is 0 Å². The molecule has 0 aliphatic carbocycles. The molecule has 126 valence electrons. The van der Waals surface area contributed by atoms with Crippen LogP contribution in [0, 0.1) is 0 Å². The van der Waals surface area contributed by atoms with Crippen LogP contribution in [-0.4, -0.2) is 26.6 Å². The van der Waals surface area contributed by atoms with E-state index in [4.69, 9.17) is 4.74 Å². The number of amides is 1. The van der Waals surface area contributed by atoms with E-state index in [1.54, 1.807) is 11.1 Å². The number of ether oxygens (including phenoxy) is 1. The second kappa shape index (κ2) is 6.47. The third kappa shape index (κ3) is 4.01. The van der Waals surface area contributed by atoms with E-state index in [-0.39, 0.29) is 6.09 Å². The molecule has 1 aliphatic heterocycles. The van der Waals surface area contributed by atoms with Gasteiger partial charge in [-0.05, 0) is 26.3 Å². The molecule has 24 heavy (non-hydrogen) atoms. The molecule has 1 amide bonds. The Morgan fingerprint density at radius 3 is 2.71 bits per heavy atom. The van der Waals surface area contributed by atoms with E-state index in [9.17, 15) is 4.79 Å². The number of benzene rings is 1. The monoisotopic (exact) mass is 326 g/mol. The number of rotatable bonds is 3. The molecule has 0 atom stereocenters. The molecule has 6 nitrogen and oxygen atoms in total. The third-order valence-corrected chi connectivity index (χ3v) is 3.60. The zero-order chi connectivity index (χ0) is 17.2. The summed E-state index contributed by atoms with van der Waals surface area (Å²) in [5.41, 5.74) is 2.49. The maximum absolute atomic E-state index is 12.2. The average Bonchev–Trinajstić information content (AvgIpc) is 2.96. The molecule has 1 N–H and O–H groups in total. The van der Waals surface area contributed by atoms with Gasteiger partial charge in [0.05, 0.1) is 18.8 Å². The number of carbonyl (C=O) groups is 1. The lowest BCUT2D eigenvalue weighted by atomic mass is 10.2. The smallest absolute Gasteiger partial charge is 0.410 e.